The topological polar surface area (TPSA) is 49.4 Å². The Hall–Kier alpha value is -0.430. The number of likely N-dealkylation sites (N-methyl/N-ethyl adjacent to an activating group) is 1. The summed E-state index contributed by atoms with van der Waals surface area (Å²) < 4.78 is 27.0. The number of benzene rings is 1. The van der Waals surface area contributed by atoms with Gasteiger partial charge in [0, 0.05) is 23.6 Å². The van der Waals surface area contributed by atoms with Gasteiger partial charge in [-0.3, -0.25) is 0 Å². The highest BCUT2D eigenvalue weighted by Gasteiger charge is 2.31. The number of sulfonamides is 1. The largest absolute Gasteiger partial charge is 0.316 e. The van der Waals surface area contributed by atoms with Crippen molar-refractivity contribution in [2.24, 2.45) is 0 Å². The monoisotopic (exact) mass is 318 g/mol. The number of halogens is 1. The minimum Gasteiger partial charge on any atom is -0.316 e. The summed E-state index contributed by atoms with van der Waals surface area (Å²) in [4.78, 5) is 0.359. The van der Waals surface area contributed by atoms with Crippen molar-refractivity contribution >= 4 is 26.0 Å². The molecule has 0 spiro atoms. The predicted octanol–water partition coefficient (Wildman–Crippen LogP) is 1.43. The quantitative estimate of drug-likeness (QED) is 0.917. The molecule has 1 fully saturated rings. The first-order valence-corrected chi connectivity index (χ1v) is 7.70. The van der Waals surface area contributed by atoms with Crippen LogP contribution in [0.2, 0.25) is 0 Å². The molecule has 0 saturated carbocycles. The van der Waals surface area contributed by atoms with Crippen molar-refractivity contribution < 1.29 is 8.42 Å². The van der Waals surface area contributed by atoms with Crippen LogP contribution in [-0.4, -0.2) is 38.9 Å². The van der Waals surface area contributed by atoms with Crippen LogP contribution in [-0.2, 0) is 10.0 Å². The van der Waals surface area contributed by atoms with Gasteiger partial charge in [0.25, 0.3) is 0 Å². The van der Waals surface area contributed by atoms with Crippen LogP contribution >= 0.6 is 15.9 Å². The van der Waals surface area contributed by atoms with Crippen LogP contribution in [0.5, 0.6) is 0 Å². The molecule has 1 unspecified atom stereocenters. The smallest absolute Gasteiger partial charge is 0.243 e. The highest BCUT2D eigenvalue weighted by molar-refractivity contribution is 9.10. The summed E-state index contributed by atoms with van der Waals surface area (Å²) in [6.45, 7) is 1.14. The second-order valence-corrected chi connectivity index (χ2v) is 6.94. The Labute approximate surface area is 110 Å². The van der Waals surface area contributed by atoms with Crippen LogP contribution in [0, 0.1) is 0 Å². The normalized spacial score (nSPS) is 21.9. The molecule has 1 heterocycles. The van der Waals surface area contributed by atoms with E-state index in [0.717, 1.165) is 10.9 Å². The Kier molecular flexibility index (Phi) is 3.87. The summed E-state index contributed by atoms with van der Waals surface area (Å²) in [5.74, 6) is 0. The SMILES string of the molecule is CNC1CCN(S(=O)(=O)c2ccc(Br)cc2)C1. The molecule has 1 atom stereocenters. The Morgan fingerprint density at radius 3 is 2.53 bits per heavy atom. The minimum atomic E-state index is -3.33. The summed E-state index contributed by atoms with van der Waals surface area (Å²) in [7, 11) is -1.46. The van der Waals surface area contributed by atoms with Gasteiger partial charge in [-0.25, -0.2) is 8.42 Å². The number of hydrogen-bond donors (Lipinski definition) is 1. The second-order valence-electron chi connectivity index (χ2n) is 4.09. The summed E-state index contributed by atoms with van der Waals surface area (Å²) in [5.41, 5.74) is 0. The molecule has 1 saturated heterocycles. The Morgan fingerprint density at radius 2 is 2.00 bits per heavy atom. The lowest BCUT2D eigenvalue weighted by molar-refractivity contribution is 0.464. The van der Waals surface area contributed by atoms with Gasteiger partial charge in [0.1, 0.15) is 0 Å². The van der Waals surface area contributed by atoms with Gasteiger partial charge >= 0.3 is 0 Å². The number of nitrogens with one attached hydrogen (secondary N) is 1. The van der Waals surface area contributed by atoms with Crippen molar-refractivity contribution in [3.8, 4) is 0 Å². The van der Waals surface area contributed by atoms with E-state index in [9.17, 15) is 8.42 Å². The van der Waals surface area contributed by atoms with Gasteiger partial charge in [-0.1, -0.05) is 15.9 Å². The molecular formula is C11H15BrN2O2S. The molecule has 1 aromatic carbocycles. The third-order valence-corrected chi connectivity index (χ3v) is 5.42. The van der Waals surface area contributed by atoms with Crippen molar-refractivity contribution in [2.75, 3.05) is 20.1 Å². The summed E-state index contributed by atoms with van der Waals surface area (Å²) in [5, 5.41) is 3.11. The van der Waals surface area contributed by atoms with E-state index in [1.54, 1.807) is 24.3 Å². The van der Waals surface area contributed by atoms with Gasteiger partial charge in [-0.15, -0.1) is 0 Å². The maximum absolute atomic E-state index is 12.3. The molecule has 1 aliphatic heterocycles. The fourth-order valence-corrected chi connectivity index (χ4v) is 3.70. The van der Waals surface area contributed by atoms with E-state index in [-0.39, 0.29) is 6.04 Å². The molecule has 6 heteroatoms. The van der Waals surface area contributed by atoms with E-state index >= 15 is 0 Å². The Morgan fingerprint density at radius 1 is 1.35 bits per heavy atom. The number of rotatable bonds is 3. The lowest BCUT2D eigenvalue weighted by Gasteiger charge is -2.16. The van der Waals surface area contributed by atoms with Crippen LogP contribution in [0.3, 0.4) is 0 Å². The zero-order valence-corrected chi connectivity index (χ0v) is 12.0. The molecule has 0 bridgehead atoms. The van der Waals surface area contributed by atoms with Crippen LogP contribution in [0.1, 0.15) is 6.42 Å². The van der Waals surface area contributed by atoms with Crippen LogP contribution in [0.25, 0.3) is 0 Å². The molecule has 1 N–H and O–H groups in total. The summed E-state index contributed by atoms with van der Waals surface area (Å²) in [6.07, 6.45) is 0.867. The summed E-state index contributed by atoms with van der Waals surface area (Å²) in [6, 6.07) is 7.02. The average Bonchev–Trinajstić information content (AvgIpc) is 2.78. The Balaban J connectivity index is 2.22. The molecule has 17 heavy (non-hydrogen) atoms. The zero-order chi connectivity index (χ0) is 12.5. The van der Waals surface area contributed by atoms with E-state index in [4.69, 9.17) is 0 Å². The van der Waals surface area contributed by atoms with E-state index in [1.807, 2.05) is 7.05 Å². The van der Waals surface area contributed by atoms with Gasteiger partial charge in [-0.05, 0) is 37.7 Å². The van der Waals surface area contributed by atoms with Crippen molar-refractivity contribution in [3.05, 3.63) is 28.7 Å². The van der Waals surface area contributed by atoms with E-state index in [2.05, 4.69) is 21.2 Å². The standard InChI is InChI=1S/C11H15BrN2O2S/c1-13-10-6-7-14(8-10)17(15,16)11-4-2-9(12)3-5-11/h2-5,10,13H,6-8H2,1H3. The first kappa shape index (κ1) is 13.0. The first-order chi connectivity index (χ1) is 8.04. The fraction of sp³-hybridized carbons (Fsp3) is 0.455. The molecule has 0 aromatic heterocycles. The molecule has 4 nitrogen and oxygen atoms in total. The molecule has 1 aromatic rings. The lowest BCUT2D eigenvalue weighted by atomic mass is 10.3. The van der Waals surface area contributed by atoms with Gasteiger partial charge in [-0.2, -0.15) is 4.31 Å². The minimum absolute atomic E-state index is 0.264. The predicted molar refractivity (Wildman–Crippen MR) is 70.4 cm³/mol. The van der Waals surface area contributed by atoms with Gasteiger partial charge in [0.05, 0.1) is 4.90 Å². The highest BCUT2D eigenvalue weighted by Crippen LogP contribution is 2.22. The number of hydrogen-bond acceptors (Lipinski definition) is 3. The molecular weight excluding hydrogens is 304 g/mol. The maximum Gasteiger partial charge on any atom is 0.243 e. The van der Waals surface area contributed by atoms with Crippen molar-refractivity contribution in [1.82, 2.24) is 9.62 Å². The van der Waals surface area contributed by atoms with Crippen molar-refractivity contribution in [1.29, 1.82) is 0 Å². The van der Waals surface area contributed by atoms with Crippen LogP contribution < -0.4 is 5.32 Å². The fourth-order valence-electron chi connectivity index (χ4n) is 1.94. The highest BCUT2D eigenvalue weighted by atomic mass is 79.9. The van der Waals surface area contributed by atoms with E-state index in [1.165, 1.54) is 4.31 Å². The maximum atomic E-state index is 12.3. The third kappa shape index (κ3) is 2.70. The van der Waals surface area contributed by atoms with Gasteiger partial charge in [0.2, 0.25) is 10.0 Å². The van der Waals surface area contributed by atoms with Gasteiger partial charge < -0.3 is 5.32 Å². The molecule has 2 rings (SSSR count). The molecule has 1 aliphatic rings. The molecule has 0 aliphatic carbocycles. The third-order valence-electron chi connectivity index (χ3n) is 3.01. The number of nitrogens with zero attached hydrogens (tertiary/aromatic N) is 1. The lowest BCUT2D eigenvalue weighted by Crippen LogP contribution is -2.33. The zero-order valence-electron chi connectivity index (χ0n) is 9.56. The first-order valence-electron chi connectivity index (χ1n) is 5.47. The molecule has 0 radical (unpaired) electrons. The van der Waals surface area contributed by atoms with Crippen LogP contribution in [0.15, 0.2) is 33.6 Å². The molecule has 0 amide bonds. The Bertz CT molecular complexity index is 487. The van der Waals surface area contributed by atoms with Crippen LogP contribution in [0.4, 0.5) is 0 Å². The summed E-state index contributed by atoms with van der Waals surface area (Å²) >= 11 is 3.30. The van der Waals surface area contributed by atoms with E-state index < -0.39 is 10.0 Å². The van der Waals surface area contributed by atoms with Crippen molar-refractivity contribution in [3.63, 3.8) is 0 Å². The second kappa shape index (κ2) is 5.06. The van der Waals surface area contributed by atoms with Gasteiger partial charge in [0.15, 0.2) is 0 Å². The van der Waals surface area contributed by atoms with E-state index in [0.29, 0.717) is 18.0 Å². The van der Waals surface area contributed by atoms with Crippen molar-refractivity contribution in [2.45, 2.75) is 17.4 Å². The average molecular weight is 319 g/mol. The molecule has 94 valence electrons.